The van der Waals surface area contributed by atoms with Crippen molar-refractivity contribution in [1.29, 1.82) is 0 Å². The van der Waals surface area contributed by atoms with Crippen LogP contribution in [0.1, 0.15) is 10.4 Å². The summed E-state index contributed by atoms with van der Waals surface area (Å²) in [7, 11) is 0. The molecule has 0 heterocycles. The van der Waals surface area contributed by atoms with Gasteiger partial charge in [0.15, 0.2) is 0 Å². The molecule has 0 saturated carbocycles. The molecule has 1 N–H and O–H groups in total. The van der Waals surface area contributed by atoms with Gasteiger partial charge in [0.25, 0.3) is 5.91 Å². The first-order chi connectivity index (χ1) is 9.49. The average Bonchev–Trinajstić information content (AvgIpc) is 2.38. The molecule has 0 fully saturated rings. The third-order valence-corrected chi connectivity index (χ3v) is 2.52. The van der Waals surface area contributed by atoms with Crippen molar-refractivity contribution in [2.75, 3.05) is 5.32 Å². The second-order valence-electron chi connectivity index (χ2n) is 3.86. The lowest BCUT2D eigenvalue weighted by Crippen LogP contribution is -2.13. The number of benzene rings is 2. The van der Waals surface area contributed by atoms with Gasteiger partial charge in [-0.15, -0.1) is 0 Å². The number of carbonyl (C=O) groups excluding carboxylic acids is 1. The smallest absolute Gasteiger partial charge is 0.304 e. The van der Waals surface area contributed by atoms with Crippen molar-refractivity contribution in [2.45, 2.75) is 0 Å². The molecule has 0 unspecified atom stereocenters. The van der Waals surface area contributed by atoms with E-state index in [1.807, 2.05) is 0 Å². The zero-order valence-electron chi connectivity index (χ0n) is 9.97. The summed E-state index contributed by atoms with van der Waals surface area (Å²) in [5.74, 6) is -2.56. The highest BCUT2D eigenvalue weighted by Gasteiger charge is 2.16. The van der Waals surface area contributed by atoms with Crippen LogP contribution in [0.2, 0.25) is 0 Å². The van der Waals surface area contributed by atoms with Crippen LogP contribution in [-0.4, -0.2) is 10.8 Å². The third-order valence-electron chi connectivity index (χ3n) is 2.52. The van der Waals surface area contributed by atoms with Gasteiger partial charge in [0.2, 0.25) is 5.82 Å². The second kappa shape index (κ2) is 5.43. The van der Waals surface area contributed by atoms with Crippen molar-refractivity contribution in [3.63, 3.8) is 0 Å². The van der Waals surface area contributed by atoms with E-state index < -0.39 is 28.2 Å². The Bertz CT molecular complexity index is 689. The molecule has 0 aliphatic carbocycles. The minimum absolute atomic E-state index is 0.00125. The number of amides is 1. The van der Waals surface area contributed by atoms with Gasteiger partial charge in [-0.2, -0.15) is 4.39 Å². The zero-order valence-corrected chi connectivity index (χ0v) is 9.97. The SMILES string of the molecule is O=C(Nc1ccc([N+](=O)[O-])c(F)c1)c1ccccc1F. The summed E-state index contributed by atoms with van der Waals surface area (Å²) in [4.78, 5) is 21.3. The predicted octanol–water partition coefficient (Wildman–Crippen LogP) is 3.13. The highest BCUT2D eigenvalue weighted by molar-refractivity contribution is 6.04. The Morgan fingerprint density at radius 3 is 2.40 bits per heavy atom. The molecule has 1 amide bonds. The lowest BCUT2D eigenvalue weighted by molar-refractivity contribution is -0.387. The Morgan fingerprint density at radius 2 is 1.80 bits per heavy atom. The van der Waals surface area contributed by atoms with Crippen molar-refractivity contribution in [1.82, 2.24) is 0 Å². The maximum absolute atomic E-state index is 13.4. The summed E-state index contributed by atoms with van der Waals surface area (Å²) in [5.41, 5.74) is -0.901. The van der Waals surface area contributed by atoms with Crippen LogP contribution < -0.4 is 5.32 Å². The number of nitrogens with zero attached hydrogens (tertiary/aromatic N) is 1. The molecule has 7 heteroatoms. The zero-order chi connectivity index (χ0) is 14.7. The molecule has 0 aromatic heterocycles. The predicted molar refractivity (Wildman–Crippen MR) is 67.4 cm³/mol. The molecular weight excluding hydrogens is 270 g/mol. The van der Waals surface area contributed by atoms with Crippen molar-refractivity contribution < 1.29 is 18.5 Å². The summed E-state index contributed by atoms with van der Waals surface area (Å²) in [6, 6.07) is 8.19. The van der Waals surface area contributed by atoms with E-state index in [1.165, 1.54) is 24.3 Å². The van der Waals surface area contributed by atoms with Crippen LogP contribution in [0.4, 0.5) is 20.2 Å². The summed E-state index contributed by atoms with van der Waals surface area (Å²) >= 11 is 0. The normalized spacial score (nSPS) is 10.1. The molecule has 0 aliphatic rings. The molecular formula is C13H8F2N2O3. The molecule has 20 heavy (non-hydrogen) atoms. The molecule has 0 bridgehead atoms. The Balaban J connectivity index is 2.23. The van der Waals surface area contributed by atoms with Crippen LogP contribution >= 0.6 is 0 Å². The van der Waals surface area contributed by atoms with Crippen LogP contribution in [0.15, 0.2) is 42.5 Å². The van der Waals surface area contributed by atoms with E-state index >= 15 is 0 Å². The summed E-state index contributed by atoms with van der Waals surface area (Å²) in [6.07, 6.45) is 0. The Hall–Kier alpha value is -2.83. The molecule has 0 spiro atoms. The topological polar surface area (TPSA) is 72.2 Å². The summed E-state index contributed by atoms with van der Waals surface area (Å²) < 4.78 is 26.7. The van der Waals surface area contributed by atoms with Crippen molar-refractivity contribution in [3.05, 3.63) is 69.8 Å². The lowest BCUT2D eigenvalue weighted by atomic mass is 10.2. The Morgan fingerprint density at radius 1 is 1.10 bits per heavy atom. The maximum atomic E-state index is 13.4. The summed E-state index contributed by atoms with van der Waals surface area (Å²) in [6.45, 7) is 0. The van der Waals surface area contributed by atoms with Crippen LogP contribution in [-0.2, 0) is 0 Å². The molecule has 0 atom stereocenters. The lowest BCUT2D eigenvalue weighted by Gasteiger charge is -2.06. The maximum Gasteiger partial charge on any atom is 0.304 e. The van der Waals surface area contributed by atoms with Crippen LogP contribution in [0.5, 0.6) is 0 Å². The largest absolute Gasteiger partial charge is 0.322 e. The highest BCUT2D eigenvalue weighted by atomic mass is 19.1. The Kier molecular flexibility index (Phi) is 3.69. The van der Waals surface area contributed by atoms with E-state index in [0.29, 0.717) is 0 Å². The van der Waals surface area contributed by atoms with Crippen LogP contribution in [0.3, 0.4) is 0 Å². The quantitative estimate of drug-likeness (QED) is 0.692. The number of hydrogen-bond acceptors (Lipinski definition) is 3. The number of anilines is 1. The first-order valence-corrected chi connectivity index (χ1v) is 5.49. The van der Waals surface area contributed by atoms with Gasteiger partial charge >= 0.3 is 5.69 Å². The van der Waals surface area contributed by atoms with Gasteiger partial charge in [-0.05, 0) is 18.2 Å². The molecule has 0 saturated heterocycles. The fourth-order valence-corrected chi connectivity index (χ4v) is 1.58. The highest BCUT2D eigenvalue weighted by Crippen LogP contribution is 2.21. The number of nitrogens with one attached hydrogen (secondary N) is 1. The van der Waals surface area contributed by atoms with Gasteiger partial charge in [0, 0.05) is 17.8 Å². The summed E-state index contributed by atoms with van der Waals surface area (Å²) in [5, 5.41) is 12.7. The molecule has 102 valence electrons. The standard InChI is InChI=1S/C13H8F2N2O3/c14-10-4-2-1-3-9(10)13(18)16-8-5-6-12(17(19)20)11(15)7-8/h1-7H,(H,16,18). The van der Waals surface area contributed by atoms with Gasteiger partial charge in [-0.1, -0.05) is 12.1 Å². The van der Waals surface area contributed by atoms with Crippen LogP contribution in [0, 0.1) is 21.7 Å². The van der Waals surface area contributed by atoms with Crippen LogP contribution in [0.25, 0.3) is 0 Å². The van der Waals surface area contributed by atoms with Crippen molar-refractivity contribution in [2.24, 2.45) is 0 Å². The van der Waals surface area contributed by atoms with E-state index in [0.717, 1.165) is 18.2 Å². The van der Waals surface area contributed by atoms with E-state index in [9.17, 15) is 23.7 Å². The first kappa shape index (κ1) is 13.6. The fraction of sp³-hybridized carbons (Fsp3) is 0. The van der Waals surface area contributed by atoms with E-state index in [1.54, 1.807) is 0 Å². The van der Waals surface area contributed by atoms with E-state index in [4.69, 9.17) is 0 Å². The molecule has 5 nitrogen and oxygen atoms in total. The van der Waals surface area contributed by atoms with Crippen molar-refractivity contribution in [3.8, 4) is 0 Å². The Labute approximate surface area is 112 Å². The molecule has 2 aromatic rings. The number of nitro benzene ring substituents is 1. The number of hydrogen-bond donors (Lipinski definition) is 1. The minimum atomic E-state index is -1.08. The average molecular weight is 278 g/mol. The monoisotopic (exact) mass is 278 g/mol. The van der Waals surface area contributed by atoms with Crippen molar-refractivity contribution >= 4 is 17.3 Å². The van der Waals surface area contributed by atoms with Gasteiger partial charge in [-0.25, -0.2) is 4.39 Å². The van der Waals surface area contributed by atoms with Gasteiger partial charge < -0.3 is 5.32 Å². The van der Waals surface area contributed by atoms with Gasteiger partial charge in [0.05, 0.1) is 10.5 Å². The number of carbonyl (C=O) groups is 1. The van der Waals surface area contributed by atoms with Gasteiger partial charge in [0.1, 0.15) is 5.82 Å². The number of halogens is 2. The van der Waals surface area contributed by atoms with E-state index in [2.05, 4.69) is 5.32 Å². The number of rotatable bonds is 3. The number of nitro groups is 1. The molecule has 2 rings (SSSR count). The third kappa shape index (κ3) is 2.77. The second-order valence-corrected chi connectivity index (χ2v) is 3.86. The van der Waals surface area contributed by atoms with E-state index in [-0.39, 0.29) is 11.3 Å². The molecule has 2 aromatic carbocycles. The first-order valence-electron chi connectivity index (χ1n) is 5.49. The molecule has 0 radical (unpaired) electrons. The molecule has 0 aliphatic heterocycles. The van der Waals surface area contributed by atoms with Gasteiger partial charge in [-0.3, -0.25) is 14.9 Å². The fourth-order valence-electron chi connectivity index (χ4n) is 1.58. The minimum Gasteiger partial charge on any atom is -0.322 e.